The highest BCUT2D eigenvalue weighted by atomic mass is 16.6. The molecule has 1 aliphatic rings. The van der Waals surface area contributed by atoms with Crippen LogP contribution in [0.5, 0.6) is 0 Å². The number of carbonyl (C=O) groups is 2. The molecule has 0 aliphatic carbocycles. The first-order valence-electron chi connectivity index (χ1n) is 8.88. The Kier molecular flexibility index (Phi) is 5.83. The molecule has 1 saturated heterocycles. The number of methoxy groups -OCH3 is 1. The SMILES string of the molecule is COC(=O)c1cc(C(=O)Nc2cccnc2N2CCCCC2)cc([N+](=O)[O-])c1. The fraction of sp³-hybridized carbons (Fsp3) is 0.316. The minimum absolute atomic E-state index is 0.0111. The number of non-ortho nitro benzene ring substituents is 1. The number of nitro groups is 1. The number of piperidine rings is 1. The maximum absolute atomic E-state index is 12.8. The van der Waals surface area contributed by atoms with Crippen LogP contribution in [-0.2, 0) is 4.74 Å². The Bertz CT molecular complexity index is 909. The molecule has 1 aromatic carbocycles. The summed E-state index contributed by atoms with van der Waals surface area (Å²) in [6.45, 7) is 1.70. The second-order valence-electron chi connectivity index (χ2n) is 6.39. The van der Waals surface area contributed by atoms with E-state index in [1.807, 2.05) is 0 Å². The van der Waals surface area contributed by atoms with Crippen LogP contribution < -0.4 is 10.2 Å². The molecule has 28 heavy (non-hydrogen) atoms. The number of anilines is 2. The van der Waals surface area contributed by atoms with Crippen LogP contribution in [0.15, 0.2) is 36.5 Å². The van der Waals surface area contributed by atoms with Gasteiger partial charge in [-0.05, 0) is 37.5 Å². The lowest BCUT2D eigenvalue weighted by Gasteiger charge is -2.29. The van der Waals surface area contributed by atoms with Crippen molar-refractivity contribution in [3.8, 4) is 0 Å². The van der Waals surface area contributed by atoms with Gasteiger partial charge in [0.2, 0.25) is 0 Å². The Balaban J connectivity index is 1.90. The molecule has 0 atom stereocenters. The first kappa shape index (κ1) is 19.3. The summed E-state index contributed by atoms with van der Waals surface area (Å²) in [5, 5.41) is 13.9. The van der Waals surface area contributed by atoms with Crippen molar-refractivity contribution in [2.75, 3.05) is 30.4 Å². The van der Waals surface area contributed by atoms with Crippen molar-refractivity contribution in [1.29, 1.82) is 0 Å². The monoisotopic (exact) mass is 384 g/mol. The van der Waals surface area contributed by atoms with Gasteiger partial charge in [0.05, 0.1) is 23.3 Å². The minimum Gasteiger partial charge on any atom is -0.465 e. The normalized spacial score (nSPS) is 13.7. The number of carbonyl (C=O) groups excluding carboxylic acids is 2. The Labute approximate surface area is 161 Å². The second kappa shape index (κ2) is 8.47. The molecule has 9 heteroatoms. The van der Waals surface area contributed by atoms with Crippen LogP contribution in [0, 0.1) is 10.1 Å². The molecule has 1 N–H and O–H groups in total. The first-order valence-corrected chi connectivity index (χ1v) is 8.88. The van der Waals surface area contributed by atoms with Crippen LogP contribution in [-0.4, -0.2) is 42.0 Å². The molecule has 0 saturated carbocycles. The van der Waals surface area contributed by atoms with E-state index in [0.717, 1.165) is 44.5 Å². The molecule has 9 nitrogen and oxygen atoms in total. The van der Waals surface area contributed by atoms with Gasteiger partial charge in [-0.3, -0.25) is 14.9 Å². The average molecular weight is 384 g/mol. The lowest BCUT2D eigenvalue weighted by Crippen LogP contribution is -2.31. The summed E-state index contributed by atoms with van der Waals surface area (Å²) >= 11 is 0. The smallest absolute Gasteiger partial charge is 0.338 e. The highest BCUT2D eigenvalue weighted by molar-refractivity contribution is 6.07. The van der Waals surface area contributed by atoms with E-state index in [9.17, 15) is 19.7 Å². The van der Waals surface area contributed by atoms with Crippen molar-refractivity contribution in [2.24, 2.45) is 0 Å². The number of hydrogen-bond donors (Lipinski definition) is 1. The van der Waals surface area contributed by atoms with Crippen LogP contribution in [0.25, 0.3) is 0 Å². The number of ether oxygens (including phenoxy) is 1. The predicted molar refractivity (Wildman–Crippen MR) is 103 cm³/mol. The largest absolute Gasteiger partial charge is 0.465 e. The molecule has 146 valence electrons. The number of nitrogens with zero attached hydrogens (tertiary/aromatic N) is 3. The summed E-state index contributed by atoms with van der Waals surface area (Å²) < 4.78 is 4.61. The zero-order valence-corrected chi connectivity index (χ0v) is 15.4. The number of benzene rings is 1. The third-order valence-corrected chi connectivity index (χ3v) is 4.50. The van der Waals surface area contributed by atoms with E-state index in [-0.39, 0.29) is 16.8 Å². The van der Waals surface area contributed by atoms with E-state index in [4.69, 9.17) is 0 Å². The van der Waals surface area contributed by atoms with Gasteiger partial charge in [-0.25, -0.2) is 9.78 Å². The fourth-order valence-corrected chi connectivity index (χ4v) is 3.13. The van der Waals surface area contributed by atoms with Crippen molar-refractivity contribution in [3.05, 3.63) is 57.8 Å². The molecule has 1 aliphatic heterocycles. The Morgan fingerprint density at radius 1 is 1.18 bits per heavy atom. The molecular formula is C19H20N4O5. The van der Waals surface area contributed by atoms with Crippen LogP contribution in [0.2, 0.25) is 0 Å². The van der Waals surface area contributed by atoms with Crippen LogP contribution in [0.3, 0.4) is 0 Å². The van der Waals surface area contributed by atoms with Crippen molar-refractivity contribution >= 4 is 29.1 Å². The lowest BCUT2D eigenvalue weighted by molar-refractivity contribution is -0.384. The van der Waals surface area contributed by atoms with Gasteiger partial charge in [0.15, 0.2) is 5.82 Å². The Morgan fingerprint density at radius 2 is 1.89 bits per heavy atom. The van der Waals surface area contributed by atoms with Crippen molar-refractivity contribution in [3.63, 3.8) is 0 Å². The van der Waals surface area contributed by atoms with E-state index < -0.39 is 16.8 Å². The molecule has 0 unspecified atom stereocenters. The zero-order valence-electron chi connectivity index (χ0n) is 15.4. The Hall–Kier alpha value is -3.49. The van der Waals surface area contributed by atoms with Crippen molar-refractivity contribution in [2.45, 2.75) is 19.3 Å². The van der Waals surface area contributed by atoms with Crippen molar-refractivity contribution < 1.29 is 19.2 Å². The lowest BCUT2D eigenvalue weighted by atomic mass is 10.1. The summed E-state index contributed by atoms with van der Waals surface area (Å²) in [6.07, 6.45) is 4.92. The molecule has 3 rings (SSSR count). The maximum atomic E-state index is 12.8. The summed E-state index contributed by atoms with van der Waals surface area (Å²) in [7, 11) is 1.17. The number of esters is 1. The molecule has 0 radical (unpaired) electrons. The molecule has 1 fully saturated rings. The minimum atomic E-state index is -0.756. The van der Waals surface area contributed by atoms with Crippen LogP contribution in [0.4, 0.5) is 17.2 Å². The molecular weight excluding hydrogens is 364 g/mol. The van der Waals surface area contributed by atoms with Gasteiger partial charge in [0, 0.05) is 37.0 Å². The second-order valence-corrected chi connectivity index (χ2v) is 6.39. The topological polar surface area (TPSA) is 115 Å². The summed E-state index contributed by atoms with van der Waals surface area (Å²) in [4.78, 5) is 41.5. The quantitative estimate of drug-likeness (QED) is 0.479. The van der Waals surface area contributed by atoms with Crippen LogP contribution in [0.1, 0.15) is 40.0 Å². The number of hydrogen-bond acceptors (Lipinski definition) is 7. The average Bonchev–Trinajstić information content (AvgIpc) is 2.73. The number of rotatable bonds is 5. The summed E-state index contributed by atoms with van der Waals surface area (Å²) in [6, 6.07) is 6.90. The molecule has 2 aromatic rings. The van der Waals surface area contributed by atoms with Gasteiger partial charge in [-0.15, -0.1) is 0 Å². The maximum Gasteiger partial charge on any atom is 0.338 e. The van der Waals surface area contributed by atoms with E-state index in [1.54, 1.807) is 18.3 Å². The highest BCUT2D eigenvalue weighted by Crippen LogP contribution is 2.27. The molecule has 1 amide bonds. The third kappa shape index (κ3) is 4.25. The number of pyridine rings is 1. The van der Waals surface area contributed by atoms with Gasteiger partial charge in [0.1, 0.15) is 0 Å². The number of amides is 1. The molecule has 0 spiro atoms. The van der Waals surface area contributed by atoms with E-state index in [1.165, 1.54) is 13.2 Å². The molecule has 1 aromatic heterocycles. The van der Waals surface area contributed by atoms with Crippen molar-refractivity contribution in [1.82, 2.24) is 4.98 Å². The zero-order chi connectivity index (χ0) is 20.1. The number of nitrogens with one attached hydrogen (secondary N) is 1. The van der Waals surface area contributed by atoms with E-state index >= 15 is 0 Å². The Morgan fingerprint density at radius 3 is 2.57 bits per heavy atom. The van der Waals surface area contributed by atoms with Gasteiger partial charge in [-0.1, -0.05) is 0 Å². The standard InChI is InChI=1S/C19H20N4O5/c1-28-19(25)14-10-13(11-15(12-14)23(26)27)18(24)21-16-6-5-7-20-17(16)22-8-3-2-4-9-22/h5-7,10-12H,2-4,8-9H2,1H3,(H,21,24). The number of nitro benzene ring substituents is 1. The van der Waals surface area contributed by atoms with Gasteiger partial charge in [0.25, 0.3) is 11.6 Å². The molecule has 0 bridgehead atoms. The van der Waals surface area contributed by atoms with Gasteiger partial charge in [-0.2, -0.15) is 0 Å². The highest BCUT2D eigenvalue weighted by Gasteiger charge is 2.21. The van der Waals surface area contributed by atoms with Gasteiger partial charge < -0.3 is 15.0 Å². The molecule has 2 heterocycles. The summed E-state index contributed by atoms with van der Waals surface area (Å²) in [5.74, 6) is -0.664. The van der Waals surface area contributed by atoms with E-state index in [2.05, 4.69) is 19.9 Å². The van der Waals surface area contributed by atoms with E-state index in [0.29, 0.717) is 11.5 Å². The predicted octanol–water partition coefficient (Wildman–Crippen LogP) is 3.02. The number of aromatic nitrogens is 1. The first-order chi connectivity index (χ1) is 13.5. The fourth-order valence-electron chi connectivity index (χ4n) is 3.13. The van der Waals surface area contributed by atoms with Gasteiger partial charge >= 0.3 is 5.97 Å². The third-order valence-electron chi connectivity index (χ3n) is 4.50. The summed E-state index contributed by atoms with van der Waals surface area (Å²) in [5.41, 5.74) is 0.0725. The van der Waals surface area contributed by atoms with Crippen LogP contribution >= 0.6 is 0 Å².